The maximum absolute atomic E-state index is 8.16. The highest BCUT2D eigenvalue weighted by Gasteiger charge is 1.95. The van der Waals surface area contributed by atoms with Crippen molar-refractivity contribution in [1.82, 2.24) is 4.98 Å². The second-order valence-corrected chi connectivity index (χ2v) is 2.03. The summed E-state index contributed by atoms with van der Waals surface area (Å²) in [6.07, 6.45) is 2.45. The molecule has 0 spiro atoms. The van der Waals surface area contributed by atoms with Crippen LogP contribution in [0.1, 0.15) is 12.5 Å². The van der Waals surface area contributed by atoms with Crippen molar-refractivity contribution < 1.29 is 0 Å². The van der Waals surface area contributed by atoms with Gasteiger partial charge in [-0.25, -0.2) is 0 Å². The lowest BCUT2D eigenvalue weighted by Gasteiger charge is -1.97. The highest BCUT2D eigenvalue weighted by molar-refractivity contribution is 5.37. The van der Waals surface area contributed by atoms with Gasteiger partial charge in [-0.1, -0.05) is 13.0 Å². The Morgan fingerprint density at radius 3 is 3.18 bits per heavy atom. The lowest BCUT2D eigenvalue weighted by molar-refractivity contribution is 1.09. The van der Waals surface area contributed by atoms with Gasteiger partial charge in [0.05, 0.1) is 0 Å². The summed E-state index contributed by atoms with van der Waals surface area (Å²) in [6.45, 7) is 1.99. The van der Waals surface area contributed by atoms with Crippen LogP contribution in [0.25, 0.3) is 10.4 Å². The van der Waals surface area contributed by atoms with Crippen LogP contribution in [0.3, 0.4) is 0 Å². The number of nitrogens with zero attached hydrogens (tertiary/aromatic N) is 4. The van der Waals surface area contributed by atoms with E-state index in [4.69, 9.17) is 5.53 Å². The summed E-state index contributed by atoms with van der Waals surface area (Å²) in [5.41, 5.74) is 9.14. The number of azide groups is 1. The molecule has 0 aliphatic carbocycles. The van der Waals surface area contributed by atoms with Crippen LogP contribution >= 0.6 is 0 Å². The van der Waals surface area contributed by atoms with Crippen LogP contribution in [-0.4, -0.2) is 4.98 Å². The van der Waals surface area contributed by atoms with Gasteiger partial charge in [0.25, 0.3) is 0 Å². The first kappa shape index (κ1) is 7.57. The second kappa shape index (κ2) is 3.58. The minimum atomic E-state index is 0.484. The van der Waals surface area contributed by atoms with E-state index in [2.05, 4.69) is 15.0 Å². The zero-order valence-electron chi connectivity index (χ0n) is 6.23. The molecular weight excluding hydrogens is 140 g/mol. The summed E-state index contributed by atoms with van der Waals surface area (Å²) >= 11 is 0. The number of hydrogen-bond donors (Lipinski definition) is 0. The van der Waals surface area contributed by atoms with Crippen molar-refractivity contribution in [3.8, 4) is 0 Å². The molecule has 0 unspecified atom stereocenters. The molecule has 0 saturated carbocycles. The molecule has 0 atom stereocenters. The lowest BCUT2D eigenvalue weighted by atomic mass is 10.2. The molecule has 1 heterocycles. The SMILES string of the molecule is CCc1cccnc1N=[N+]=[N-]. The second-order valence-electron chi connectivity index (χ2n) is 2.03. The van der Waals surface area contributed by atoms with Gasteiger partial charge in [-0.3, -0.25) is 4.98 Å². The summed E-state index contributed by atoms with van der Waals surface area (Å²) in [7, 11) is 0. The van der Waals surface area contributed by atoms with Crippen molar-refractivity contribution in [2.75, 3.05) is 0 Å². The topological polar surface area (TPSA) is 61.7 Å². The lowest BCUT2D eigenvalue weighted by Crippen LogP contribution is -1.82. The van der Waals surface area contributed by atoms with E-state index in [1.807, 2.05) is 19.1 Å². The highest BCUT2D eigenvalue weighted by Crippen LogP contribution is 2.14. The third kappa shape index (κ3) is 1.69. The number of rotatable bonds is 2. The van der Waals surface area contributed by atoms with Gasteiger partial charge in [0.1, 0.15) is 5.82 Å². The molecule has 0 amide bonds. The van der Waals surface area contributed by atoms with Crippen LogP contribution in [0.15, 0.2) is 23.4 Å². The van der Waals surface area contributed by atoms with Crippen LogP contribution in [0.5, 0.6) is 0 Å². The summed E-state index contributed by atoms with van der Waals surface area (Å²) in [4.78, 5) is 6.60. The quantitative estimate of drug-likeness (QED) is 0.361. The largest absolute Gasteiger partial charge is 0.254 e. The summed E-state index contributed by atoms with van der Waals surface area (Å²) in [5.74, 6) is 0.484. The molecule has 0 N–H and O–H groups in total. The standard InChI is InChI=1S/C7H8N4/c1-2-6-4-3-5-9-7(6)10-11-8/h3-5H,2H2,1H3. The minimum absolute atomic E-state index is 0.484. The van der Waals surface area contributed by atoms with Gasteiger partial charge >= 0.3 is 0 Å². The van der Waals surface area contributed by atoms with E-state index in [9.17, 15) is 0 Å². The van der Waals surface area contributed by atoms with Gasteiger partial charge in [-0.2, -0.15) is 0 Å². The molecule has 56 valence electrons. The van der Waals surface area contributed by atoms with Crippen molar-refractivity contribution in [2.24, 2.45) is 5.11 Å². The zero-order valence-corrected chi connectivity index (χ0v) is 6.23. The predicted molar refractivity (Wildman–Crippen MR) is 42.4 cm³/mol. The van der Waals surface area contributed by atoms with Gasteiger partial charge in [0.2, 0.25) is 0 Å². The predicted octanol–water partition coefficient (Wildman–Crippen LogP) is 2.59. The molecule has 1 aromatic rings. The van der Waals surface area contributed by atoms with Crippen LogP contribution in [0.2, 0.25) is 0 Å². The minimum Gasteiger partial charge on any atom is -0.254 e. The van der Waals surface area contributed by atoms with E-state index < -0.39 is 0 Å². The Morgan fingerprint density at radius 2 is 2.55 bits per heavy atom. The van der Waals surface area contributed by atoms with E-state index >= 15 is 0 Å². The highest BCUT2D eigenvalue weighted by atomic mass is 15.2. The van der Waals surface area contributed by atoms with E-state index in [1.54, 1.807) is 6.20 Å². The van der Waals surface area contributed by atoms with E-state index in [-0.39, 0.29) is 0 Å². The first-order valence-corrected chi connectivity index (χ1v) is 3.37. The number of pyridine rings is 1. The summed E-state index contributed by atoms with van der Waals surface area (Å²) in [6, 6.07) is 3.73. The molecule has 0 fully saturated rings. The van der Waals surface area contributed by atoms with Crippen molar-refractivity contribution >= 4 is 5.82 Å². The average molecular weight is 148 g/mol. The van der Waals surface area contributed by atoms with Crippen molar-refractivity contribution in [3.63, 3.8) is 0 Å². The van der Waals surface area contributed by atoms with Crippen LogP contribution in [0, 0.1) is 0 Å². The maximum Gasteiger partial charge on any atom is 0.129 e. The molecule has 4 nitrogen and oxygen atoms in total. The van der Waals surface area contributed by atoms with Crippen LogP contribution in [-0.2, 0) is 6.42 Å². The molecule has 0 aliphatic rings. The Hall–Kier alpha value is -1.54. The molecule has 0 saturated heterocycles. The normalized spacial score (nSPS) is 8.82. The molecule has 0 aromatic carbocycles. The monoisotopic (exact) mass is 148 g/mol. The van der Waals surface area contributed by atoms with E-state index in [0.29, 0.717) is 5.82 Å². The van der Waals surface area contributed by atoms with E-state index in [1.165, 1.54) is 0 Å². The average Bonchev–Trinajstić information content (AvgIpc) is 2.06. The van der Waals surface area contributed by atoms with E-state index in [0.717, 1.165) is 12.0 Å². The summed E-state index contributed by atoms with van der Waals surface area (Å²) < 4.78 is 0. The molecular formula is C7H8N4. The Kier molecular flexibility index (Phi) is 2.47. The molecule has 11 heavy (non-hydrogen) atoms. The fourth-order valence-corrected chi connectivity index (χ4v) is 0.839. The van der Waals surface area contributed by atoms with Gasteiger partial charge in [-0.15, -0.1) is 0 Å². The van der Waals surface area contributed by atoms with Gasteiger partial charge in [0.15, 0.2) is 0 Å². The molecule has 4 heteroatoms. The first-order valence-electron chi connectivity index (χ1n) is 3.37. The number of aryl methyl sites for hydroxylation is 1. The molecule has 0 aliphatic heterocycles. The van der Waals surface area contributed by atoms with Gasteiger partial charge in [-0.05, 0) is 28.7 Å². The third-order valence-corrected chi connectivity index (χ3v) is 1.39. The van der Waals surface area contributed by atoms with Crippen molar-refractivity contribution in [3.05, 3.63) is 34.3 Å². The Labute approximate surface area is 64.5 Å². The molecule has 0 radical (unpaired) electrons. The zero-order chi connectivity index (χ0) is 8.10. The summed E-state index contributed by atoms with van der Waals surface area (Å²) in [5, 5.41) is 3.45. The number of hydrogen-bond acceptors (Lipinski definition) is 2. The smallest absolute Gasteiger partial charge is 0.129 e. The fourth-order valence-electron chi connectivity index (χ4n) is 0.839. The van der Waals surface area contributed by atoms with Gasteiger partial charge in [0, 0.05) is 11.1 Å². The van der Waals surface area contributed by atoms with Crippen LogP contribution < -0.4 is 0 Å². The van der Waals surface area contributed by atoms with Crippen LogP contribution in [0.4, 0.5) is 5.82 Å². The third-order valence-electron chi connectivity index (χ3n) is 1.39. The maximum atomic E-state index is 8.16. The Balaban J connectivity index is 3.11. The first-order chi connectivity index (χ1) is 5.38. The Bertz CT molecular complexity index is 288. The Morgan fingerprint density at radius 1 is 1.73 bits per heavy atom. The van der Waals surface area contributed by atoms with Crippen molar-refractivity contribution in [2.45, 2.75) is 13.3 Å². The number of aromatic nitrogens is 1. The van der Waals surface area contributed by atoms with Crippen molar-refractivity contribution in [1.29, 1.82) is 0 Å². The molecule has 0 bridgehead atoms. The molecule has 1 aromatic heterocycles. The molecule has 1 rings (SSSR count). The fraction of sp³-hybridized carbons (Fsp3) is 0.286. The van der Waals surface area contributed by atoms with Gasteiger partial charge < -0.3 is 0 Å².